The van der Waals surface area contributed by atoms with Crippen molar-refractivity contribution in [2.45, 2.75) is 18.0 Å². The number of aromatic nitrogens is 2. The minimum absolute atomic E-state index is 0.103. The van der Waals surface area contributed by atoms with Gasteiger partial charge in [-0.2, -0.15) is 13.5 Å². The highest BCUT2D eigenvalue weighted by atomic mass is 35.5. The SMILES string of the molecule is CC(NS(=O)(=O)c1ccc(Cl)c2nsnc12)[N+](C)(C)C. The first-order valence-corrected chi connectivity index (χ1v) is 8.46. The van der Waals surface area contributed by atoms with Crippen LogP contribution in [-0.2, 0) is 10.0 Å². The molecule has 1 heterocycles. The highest BCUT2D eigenvalue weighted by Crippen LogP contribution is 2.27. The number of rotatable bonds is 4. The van der Waals surface area contributed by atoms with Crippen LogP contribution in [0.2, 0.25) is 5.02 Å². The van der Waals surface area contributed by atoms with E-state index in [9.17, 15) is 8.42 Å². The monoisotopic (exact) mass is 335 g/mol. The maximum atomic E-state index is 12.5. The molecule has 6 nitrogen and oxygen atoms in total. The summed E-state index contributed by atoms with van der Waals surface area (Å²) < 4.78 is 36.1. The summed E-state index contributed by atoms with van der Waals surface area (Å²) in [5.41, 5.74) is 0.723. The van der Waals surface area contributed by atoms with Gasteiger partial charge in [-0.1, -0.05) is 11.6 Å². The molecule has 1 unspecified atom stereocenters. The molecule has 1 atom stereocenters. The van der Waals surface area contributed by atoms with E-state index in [1.54, 1.807) is 0 Å². The molecule has 0 aliphatic heterocycles. The second-order valence-electron chi connectivity index (χ2n) is 5.42. The zero-order valence-corrected chi connectivity index (χ0v) is 14.0. The van der Waals surface area contributed by atoms with E-state index in [2.05, 4.69) is 13.5 Å². The Hall–Kier alpha value is -0.800. The molecule has 0 aliphatic carbocycles. The van der Waals surface area contributed by atoms with Crippen molar-refractivity contribution in [2.75, 3.05) is 21.1 Å². The normalized spacial score (nSPS) is 14.7. The molecule has 0 bridgehead atoms. The smallest absolute Gasteiger partial charge is 0.247 e. The fourth-order valence-corrected chi connectivity index (χ4v) is 3.89. The first-order valence-electron chi connectivity index (χ1n) is 5.87. The molecule has 0 saturated heterocycles. The fraction of sp³-hybridized carbons (Fsp3) is 0.455. The van der Waals surface area contributed by atoms with Gasteiger partial charge in [-0.05, 0) is 12.1 Å². The lowest BCUT2D eigenvalue weighted by Crippen LogP contribution is -2.53. The van der Waals surface area contributed by atoms with Gasteiger partial charge in [-0.25, -0.2) is 8.42 Å². The van der Waals surface area contributed by atoms with Crippen molar-refractivity contribution in [2.24, 2.45) is 0 Å². The molecule has 0 saturated carbocycles. The predicted molar refractivity (Wildman–Crippen MR) is 80.2 cm³/mol. The molecule has 1 N–H and O–H groups in total. The van der Waals surface area contributed by atoms with Crippen LogP contribution in [0.4, 0.5) is 0 Å². The molecule has 2 rings (SSSR count). The molecule has 1 aromatic carbocycles. The number of quaternary nitrogens is 1. The van der Waals surface area contributed by atoms with Gasteiger partial charge in [0.1, 0.15) is 15.9 Å². The Balaban J connectivity index is 2.48. The lowest BCUT2D eigenvalue weighted by molar-refractivity contribution is -0.895. The summed E-state index contributed by atoms with van der Waals surface area (Å²) in [6, 6.07) is 2.98. The van der Waals surface area contributed by atoms with E-state index in [1.807, 2.05) is 28.1 Å². The first kappa shape index (κ1) is 15.6. The van der Waals surface area contributed by atoms with Crippen LogP contribution in [0.3, 0.4) is 0 Å². The lowest BCUT2D eigenvalue weighted by atomic mass is 10.3. The number of halogens is 1. The van der Waals surface area contributed by atoms with Crippen LogP contribution >= 0.6 is 23.3 Å². The highest BCUT2D eigenvalue weighted by Gasteiger charge is 2.28. The van der Waals surface area contributed by atoms with Gasteiger partial charge in [0.15, 0.2) is 6.17 Å². The molecule has 0 aliphatic rings. The molecular weight excluding hydrogens is 320 g/mol. The molecule has 1 aromatic heterocycles. The van der Waals surface area contributed by atoms with Crippen LogP contribution < -0.4 is 4.72 Å². The first-order chi connectivity index (χ1) is 9.13. The third-order valence-corrected chi connectivity index (χ3v) is 5.50. The van der Waals surface area contributed by atoms with Gasteiger partial charge in [0.25, 0.3) is 0 Å². The Morgan fingerprint density at radius 2 is 1.85 bits per heavy atom. The summed E-state index contributed by atoms with van der Waals surface area (Å²) in [7, 11) is 2.06. The van der Waals surface area contributed by atoms with Crippen LogP contribution in [0, 0.1) is 0 Å². The van der Waals surface area contributed by atoms with Gasteiger partial charge in [0.05, 0.1) is 37.9 Å². The molecule has 0 radical (unpaired) electrons. The van der Waals surface area contributed by atoms with E-state index in [-0.39, 0.29) is 11.1 Å². The summed E-state index contributed by atoms with van der Waals surface area (Å²) in [5.74, 6) is 0. The maximum Gasteiger partial charge on any atom is 0.247 e. The van der Waals surface area contributed by atoms with E-state index in [1.165, 1.54) is 12.1 Å². The molecular formula is C11H16ClN4O2S2+. The topological polar surface area (TPSA) is 72.0 Å². The van der Waals surface area contributed by atoms with Crippen molar-refractivity contribution in [3.63, 3.8) is 0 Å². The van der Waals surface area contributed by atoms with E-state index in [0.29, 0.717) is 20.5 Å². The van der Waals surface area contributed by atoms with E-state index < -0.39 is 10.0 Å². The highest BCUT2D eigenvalue weighted by molar-refractivity contribution is 7.89. The molecule has 0 spiro atoms. The molecule has 0 amide bonds. The second-order valence-corrected chi connectivity index (χ2v) is 8.04. The zero-order valence-electron chi connectivity index (χ0n) is 11.6. The quantitative estimate of drug-likeness (QED) is 0.681. The third-order valence-electron chi connectivity index (χ3n) is 3.11. The van der Waals surface area contributed by atoms with E-state index in [4.69, 9.17) is 11.6 Å². The summed E-state index contributed by atoms with van der Waals surface area (Å²) in [6.07, 6.45) is -0.280. The average Bonchev–Trinajstić information content (AvgIpc) is 2.76. The van der Waals surface area contributed by atoms with Crippen LogP contribution in [-0.4, -0.2) is 49.0 Å². The fourth-order valence-electron chi connectivity index (χ4n) is 1.48. The Kier molecular flexibility index (Phi) is 4.05. The maximum absolute atomic E-state index is 12.5. The Labute approximate surface area is 127 Å². The van der Waals surface area contributed by atoms with Gasteiger partial charge >= 0.3 is 0 Å². The zero-order chi connectivity index (χ0) is 15.1. The summed E-state index contributed by atoms with van der Waals surface area (Å²) >= 11 is 6.93. The Bertz CT molecular complexity index is 736. The number of sulfonamides is 1. The molecule has 110 valence electrons. The lowest BCUT2D eigenvalue weighted by Gasteiger charge is -2.31. The minimum atomic E-state index is -3.68. The van der Waals surface area contributed by atoms with Gasteiger partial charge in [-0.15, -0.1) is 0 Å². The largest absolute Gasteiger partial charge is 0.316 e. The van der Waals surface area contributed by atoms with Gasteiger partial charge in [-0.3, -0.25) is 0 Å². The molecule has 0 fully saturated rings. The molecule has 9 heteroatoms. The van der Waals surface area contributed by atoms with Crippen LogP contribution in [0.5, 0.6) is 0 Å². The standard InChI is InChI=1S/C11H16ClN4O2S2/c1-7(16(2,3)4)15-20(17,18)9-6-5-8(12)10-11(9)14-19-13-10/h5-7,15H,1-4H3/q+1. The van der Waals surface area contributed by atoms with Gasteiger partial charge < -0.3 is 4.48 Å². The second kappa shape index (κ2) is 5.19. The van der Waals surface area contributed by atoms with Crippen molar-refractivity contribution >= 4 is 44.4 Å². The number of fused-ring (bicyclic) bond motifs is 1. The molecule has 20 heavy (non-hydrogen) atoms. The van der Waals surface area contributed by atoms with Crippen LogP contribution in [0.15, 0.2) is 17.0 Å². The number of hydrogen-bond acceptors (Lipinski definition) is 5. The average molecular weight is 336 g/mol. The van der Waals surface area contributed by atoms with Gasteiger partial charge in [0, 0.05) is 6.92 Å². The number of nitrogens with one attached hydrogen (secondary N) is 1. The van der Waals surface area contributed by atoms with Crippen molar-refractivity contribution in [1.29, 1.82) is 0 Å². The van der Waals surface area contributed by atoms with Crippen LogP contribution in [0.25, 0.3) is 11.0 Å². The Morgan fingerprint density at radius 1 is 1.25 bits per heavy atom. The third kappa shape index (κ3) is 2.94. The van der Waals surface area contributed by atoms with Crippen molar-refractivity contribution < 1.29 is 12.9 Å². The number of hydrogen-bond donors (Lipinski definition) is 1. The van der Waals surface area contributed by atoms with Crippen molar-refractivity contribution in [3.8, 4) is 0 Å². The number of nitrogens with zero attached hydrogens (tertiary/aromatic N) is 3. The van der Waals surface area contributed by atoms with Crippen molar-refractivity contribution in [1.82, 2.24) is 13.5 Å². The van der Waals surface area contributed by atoms with Crippen LogP contribution in [0.1, 0.15) is 6.92 Å². The van der Waals surface area contributed by atoms with E-state index in [0.717, 1.165) is 11.7 Å². The summed E-state index contributed by atoms with van der Waals surface area (Å²) in [5, 5.41) is 0.396. The number of benzene rings is 1. The van der Waals surface area contributed by atoms with Crippen molar-refractivity contribution in [3.05, 3.63) is 17.2 Å². The summed E-state index contributed by atoms with van der Waals surface area (Å²) in [4.78, 5) is 0.103. The van der Waals surface area contributed by atoms with E-state index >= 15 is 0 Å². The van der Waals surface area contributed by atoms with Gasteiger partial charge in [0.2, 0.25) is 10.0 Å². The summed E-state index contributed by atoms with van der Waals surface area (Å²) in [6.45, 7) is 1.81. The predicted octanol–water partition coefficient (Wildman–Crippen LogP) is 1.68. The minimum Gasteiger partial charge on any atom is -0.316 e. The molecule has 2 aromatic rings. The Morgan fingerprint density at radius 3 is 2.45 bits per heavy atom.